The fraction of sp³-hybridized carbons (Fsp3) is 0.217. The summed E-state index contributed by atoms with van der Waals surface area (Å²) in [6.45, 7) is 20.8. The van der Waals surface area contributed by atoms with Gasteiger partial charge in [-0.3, -0.25) is 4.99 Å². The molecule has 308 valence electrons. The van der Waals surface area contributed by atoms with Gasteiger partial charge in [-0.1, -0.05) is 222 Å². The lowest BCUT2D eigenvalue weighted by Crippen LogP contribution is -2.14. The summed E-state index contributed by atoms with van der Waals surface area (Å²) in [5.41, 5.74) is 16.5. The minimum atomic E-state index is 0.152. The van der Waals surface area contributed by atoms with Crippen LogP contribution in [0, 0.1) is 19.8 Å². The van der Waals surface area contributed by atoms with Gasteiger partial charge in [-0.15, -0.1) is 0 Å². The fourth-order valence-electron chi connectivity index (χ4n) is 8.84. The zero-order chi connectivity index (χ0) is 43.5. The van der Waals surface area contributed by atoms with Gasteiger partial charge >= 0.3 is 0 Å². The normalized spacial score (nSPS) is 15.8. The van der Waals surface area contributed by atoms with E-state index in [0.717, 1.165) is 12.0 Å². The number of fused-ring (bicyclic) bond motifs is 6. The first-order valence-corrected chi connectivity index (χ1v) is 22.0. The molecule has 0 saturated carbocycles. The monoisotopic (exact) mass is 797 g/mol. The Bertz CT molecular complexity index is 2730. The Balaban J connectivity index is 0.000000197. The molecule has 0 aromatic heterocycles. The highest BCUT2D eigenvalue weighted by Gasteiger charge is 2.34. The predicted octanol–water partition coefficient (Wildman–Crippen LogP) is 16.6. The molecule has 2 aliphatic rings. The first-order chi connectivity index (χ1) is 29.6. The third-order valence-corrected chi connectivity index (χ3v) is 12.0. The first kappa shape index (κ1) is 44.2. The van der Waals surface area contributed by atoms with Crippen LogP contribution in [-0.2, 0) is 11.8 Å². The zero-order valence-electron chi connectivity index (χ0n) is 37.8. The van der Waals surface area contributed by atoms with E-state index in [0.29, 0.717) is 11.8 Å². The molecule has 7 aromatic rings. The molecule has 0 saturated heterocycles. The van der Waals surface area contributed by atoms with Crippen LogP contribution in [0.15, 0.2) is 193 Å². The van der Waals surface area contributed by atoms with Crippen molar-refractivity contribution in [3.05, 3.63) is 227 Å². The molecular weight excluding hydrogens is 735 g/mol. The standard InChI is InChI=1S/C35H30.C16H16.C7H11N.C2H6/c1-24-15-18-27(19-16-24)35-23-29-20-17-26(22-34(29)32-13-7-8-14-33(32)35)21-28-10-4-6-12-31(28)30-11-5-3-9-25(30)2;1-11-8-9-15-13(10-11)12-6-4-5-7-14(12)16(15,2)3;1-4-5-7(2)6-8-3;1-2/h3-20,22-23,25,30H,21H2,1-2H3;4-10H,1-3H3;4-6H,1H2,2-3H3;1-2H3/b;;7-5-,8-6?;. The van der Waals surface area contributed by atoms with E-state index in [9.17, 15) is 0 Å². The molecular formula is C60H63N. The molecule has 0 radical (unpaired) electrons. The Hall–Kier alpha value is -6.31. The van der Waals surface area contributed by atoms with Gasteiger partial charge in [0, 0.05) is 24.6 Å². The van der Waals surface area contributed by atoms with Gasteiger partial charge in [0.15, 0.2) is 0 Å². The van der Waals surface area contributed by atoms with Gasteiger partial charge in [0.05, 0.1) is 0 Å². The molecule has 0 N–H and O–H groups in total. The predicted molar refractivity (Wildman–Crippen MR) is 270 cm³/mol. The van der Waals surface area contributed by atoms with Crippen LogP contribution in [0.25, 0.3) is 43.8 Å². The Morgan fingerprint density at radius 2 is 1.31 bits per heavy atom. The van der Waals surface area contributed by atoms with Crippen LogP contribution in [0.4, 0.5) is 0 Å². The van der Waals surface area contributed by atoms with Crippen LogP contribution in [0.3, 0.4) is 0 Å². The quantitative estimate of drug-likeness (QED) is 0.0903. The molecule has 0 spiro atoms. The lowest BCUT2D eigenvalue weighted by Gasteiger charge is -2.23. The van der Waals surface area contributed by atoms with Crippen molar-refractivity contribution in [1.29, 1.82) is 0 Å². The number of hydrogen-bond acceptors (Lipinski definition) is 1. The lowest BCUT2D eigenvalue weighted by atomic mass is 9.81. The molecule has 61 heavy (non-hydrogen) atoms. The van der Waals surface area contributed by atoms with E-state index < -0.39 is 0 Å². The number of nitrogens with zero attached hydrogens (tertiary/aromatic N) is 1. The summed E-state index contributed by atoms with van der Waals surface area (Å²) in [4.78, 5) is 3.81. The van der Waals surface area contributed by atoms with E-state index in [2.05, 4.69) is 210 Å². The minimum Gasteiger partial charge on any atom is -0.296 e. The van der Waals surface area contributed by atoms with E-state index in [-0.39, 0.29) is 5.41 Å². The maximum atomic E-state index is 3.81. The Morgan fingerprint density at radius 1 is 0.656 bits per heavy atom. The second-order valence-corrected chi connectivity index (χ2v) is 16.7. The van der Waals surface area contributed by atoms with Crippen molar-refractivity contribution < 1.29 is 0 Å². The van der Waals surface area contributed by atoms with Crippen LogP contribution >= 0.6 is 0 Å². The first-order valence-electron chi connectivity index (χ1n) is 22.0. The number of allylic oxidation sites excluding steroid dienone is 7. The SMILES string of the molecule is C=C/C=C(/C)C=NC.CC.Cc1ccc(-c2cc3ccc(Cc4ccccc4C4C=CC=CC4C)cc3c3ccccc23)cc1.Cc1ccc2c(c1)-c1ccccc1C2(C)C. The van der Waals surface area contributed by atoms with Gasteiger partial charge in [0.1, 0.15) is 0 Å². The summed E-state index contributed by atoms with van der Waals surface area (Å²) in [7, 11) is 1.75. The molecule has 7 aromatic carbocycles. The average Bonchev–Trinajstić information content (AvgIpc) is 3.50. The number of aryl methyl sites for hydroxylation is 2. The number of rotatable bonds is 6. The second kappa shape index (κ2) is 20.3. The van der Waals surface area contributed by atoms with Crippen molar-refractivity contribution >= 4 is 27.8 Å². The van der Waals surface area contributed by atoms with Crippen molar-refractivity contribution in [2.24, 2.45) is 10.9 Å². The number of hydrogen-bond donors (Lipinski definition) is 0. The van der Waals surface area contributed by atoms with Crippen molar-refractivity contribution in [2.75, 3.05) is 7.05 Å². The minimum absolute atomic E-state index is 0.152. The topological polar surface area (TPSA) is 12.4 Å². The summed E-state index contributed by atoms with van der Waals surface area (Å²) in [5.74, 6) is 0.955. The molecule has 1 nitrogen and oxygen atoms in total. The van der Waals surface area contributed by atoms with Crippen LogP contribution in [0.5, 0.6) is 0 Å². The zero-order valence-corrected chi connectivity index (χ0v) is 37.8. The molecule has 2 atom stereocenters. The van der Waals surface area contributed by atoms with E-state index in [1.807, 2.05) is 26.8 Å². The summed E-state index contributed by atoms with van der Waals surface area (Å²) < 4.78 is 0. The van der Waals surface area contributed by atoms with E-state index >= 15 is 0 Å². The fourth-order valence-corrected chi connectivity index (χ4v) is 8.84. The van der Waals surface area contributed by atoms with Crippen molar-refractivity contribution in [3.8, 4) is 22.3 Å². The highest BCUT2D eigenvalue weighted by molar-refractivity contribution is 6.14. The van der Waals surface area contributed by atoms with Gasteiger partial charge in [0.2, 0.25) is 0 Å². The van der Waals surface area contributed by atoms with E-state index in [4.69, 9.17) is 0 Å². The van der Waals surface area contributed by atoms with Gasteiger partial charge in [-0.05, 0) is 116 Å². The molecule has 2 unspecified atom stereocenters. The van der Waals surface area contributed by atoms with Crippen molar-refractivity contribution in [3.63, 3.8) is 0 Å². The summed E-state index contributed by atoms with van der Waals surface area (Å²) in [6.07, 6.45) is 15.4. The highest BCUT2D eigenvalue weighted by Crippen LogP contribution is 2.48. The molecule has 2 aliphatic carbocycles. The summed E-state index contributed by atoms with van der Waals surface area (Å²) in [6, 6.07) is 51.7. The van der Waals surface area contributed by atoms with Crippen molar-refractivity contribution in [1.82, 2.24) is 0 Å². The molecule has 0 amide bonds. The molecule has 0 aliphatic heterocycles. The smallest absolute Gasteiger partial charge is 0.0277 e. The summed E-state index contributed by atoms with van der Waals surface area (Å²) >= 11 is 0. The number of aliphatic imine (C=N–C) groups is 1. The van der Waals surface area contributed by atoms with E-state index in [1.165, 1.54) is 82.7 Å². The van der Waals surface area contributed by atoms with Crippen LogP contribution in [0.2, 0.25) is 0 Å². The van der Waals surface area contributed by atoms with Crippen LogP contribution in [-0.4, -0.2) is 13.3 Å². The Morgan fingerprint density at radius 3 is 2.05 bits per heavy atom. The van der Waals surface area contributed by atoms with Crippen LogP contribution < -0.4 is 0 Å². The third-order valence-electron chi connectivity index (χ3n) is 12.0. The Kier molecular flexibility index (Phi) is 14.7. The maximum absolute atomic E-state index is 3.81. The van der Waals surface area contributed by atoms with E-state index in [1.54, 1.807) is 19.3 Å². The van der Waals surface area contributed by atoms with Gasteiger partial charge in [-0.25, -0.2) is 0 Å². The average molecular weight is 798 g/mol. The third kappa shape index (κ3) is 10.0. The van der Waals surface area contributed by atoms with Crippen molar-refractivity contribution in [2.45, 2.75) is 73.1 Å². The van der Waals surface area contributed by atoms with Gasteiger partial charge < -0.3 is 0 Å². The summed E-state index contributed by atoms with van der Waals surface area (Å²) in [5, 5.41) is 5.27. The molecule has 0 fully saturated rings. The molecule has 0 heterocycles. The van der Waals surface area contributed by atoms with Crippen LogP contribution in [0.1, 0.15) is 86.4 Å². The maximum Gasteiger partial charge on any atom is 0.0277 e. The number of benzene rings is 7. The molecule has 9 rings (SSSR count). The highest BCUT2D eigenvalue weighted by atomic mass is 14.6. The van der Waals surface area contributed by atoms with Gasteiger partial charge in [-0.2, -0.15) is 0 Å². The molecule has 0 bridgehead atoms. The second-order valence-electron chi connectivity index (χ2n) is 16.7. The molecule has 1 heteroatoms. The lowest BCUT2D eigenvalue weighted by molar-refractivity contribution is 0.631. The Labute approximate surface area is 366 Å². The van der Waals surface area contributed by atoms with Gasteiger partial charge in [0.25, 0.3) is 0 Å². The largest absolute Gasteiger partial charge is 0.296 e.